The molecule has 3 aromatic rings. The number of benzene rings is 2. The number of rotatable bonds is 5. The molecular formula is C21H20N4O2S. The molecule has 4 rings (SSSR count). The summed E-state index contributed by atoms with van der Waals surface area (Å²) in [7, 11) is 1.66. The third-order valence-corrected chi connectivity index (χ3v) is 4.93. The Morgan fingerprint density at radius 2 is 1.96 bits per heavy atom. The molecular weight excluding hydrogens is 372 g/mol. The first-order valence-electron chi connectivity index (χ1n) is 8.99. The number of aromatic nitrogens is 3. The molecule has 7 heteroatoms. The zero-order valence-electron chi connectivity index (χ0n) is 15.6. The van der Waals surface area contributed by atoms with Crippen molar-refractivity contribution >= 4 is 23.5 Å². The average Bonchev–Trinajstić information content (AvgIpc) is 2.89. The normalized spacial score (nSPS) is 15.1. The molecule has 1 aliphatic rings. The van der Waals surface area contributed by atoms with Gasteiger partial charge in [-0.25, -0.2) is 0 Å². The SMILES string of the molecule is CCSc1nnc2c(n1)OC(/C=C/c1ccc(OC)cc1)Nc1ccccc1-2. The number of para-hydroxylation sites is 1. The van der Waals surface area contributed by atoms with Crippen molar-refractivity contribution in [2.75, 3.05) is 18.2 Å². The monoisotopic (exact) mass is 392 g/mol. The van der Waals surface area contributed by atoms with Gasteiger partial charge in [0.2, 0.25) is 11.0 Å². The summed E-state index contributed by atoms with van der Waals surface area (Å²) in [6.45, 7) is 2.05. The van der Waals surface area contributed by atoms with Gasteiger partial charge in [0.05, 0.1) is 7.11 Å². The Bertz CT molecular complexity index is 992. The van der Waals surface area contributed by atoms with E-state index in [0.717, 1.165) is 28.3 Å². The molecule has 2 aromatic carbocycles. The van der Waals surface area contributed by atoms with E-state index in [1.54, 1.807) is 7.11 Å². The van der Waals surface area contributed by atoms with Gasteiger partial charge in [-0.3, -0.25) is 0 Å². The van der Waals surface area contributed by atoms with E-state index in [0.29, 0.717) is 16.7 Å². The minimum atomic E-state index is -0.388. The van der Waals surface area contributed by atoms with E-state index in [2.05, 4.69) is 27.4 Å². The molecule has 0 saturated heterocycles. The van der Waals surface area contributed by atoms with E-state index < -0.39 is 0 Å². The van der Waals surface area contributed by atoms with E-state index in [1.165, 1.54) is 11.8 Å². The summed E-state index contributed by atoms with van der Waals surface area (Å²) >= 11 is 1.54. The van der Waals surface area contributed by atoms with Gasteiger partial charge in [0.1, 0.15) is 5.75 Å². The Labute approximate surface area is 168 Å². The van der Waals surface area contributed by atoms with E-state index in [-0.39, 0.29) is 6.23 Å². The summed E-state index contributed by atoms with van der Waals surface area (Å²) in [5, 5.41) is 12.6. The van der Waals surface area contributed by atoms with Crippen molar-refractivity contribution in [1.29, 1.82) is 0 Å². The molecule has 6 nitrogen and oxygen atoms in total. The predicted octanol–water partition coefficient (Wildman–Crippen LogP) is 4.50. The van der Waals surface area contributed by atoms with Gasteiger partial charge in [0.25, 0.3) is 0 Å². The number of methoxy groups -OCH3 is 1. The highest BCUT2D eigenvalue weighted by molar-refractivity contribution is 7.99. The maximum Gasteiger partial charge on any atom is 0.247 e. The topological polar surface area (TPSA) is 69.2 Å². The zero-order chi connectivity index (χ0) is 19.3. The van der Waals surface area contributed by atoms with Crippen LogP contribution < -0.4 is 14.8 Å². The molecule has 0 bridgehead atoms. The number of nitrogens with zero attached hydrogens (tertiary/aromatic N) is 3. The van der Waals surface area contributed by atoms with Crippen LogP contribution in [0.1, 0.15) is 12.5 Å². The molecule has 1 atom stereocenters. The number of thioether (sulfide) groups is 1. The quantitative estimate of drug-likeness (QED) is 0.641. The second-order valence-electron chi connectivity index (χ2n) is 6.04. The lowest BCUT2D eigenvalue weighted by atomic mass is 10.1. The number of ether oxygens (including phenoxy) is 2. The molecule has 142 valence electrons. The van der Waals surface area contributed by atoms with Gasteiger partial charge in [-0.2, -0.15) is 4.98 Å². The van der Waals surface area contributed by atoms with Crippen LogP contribution in [0.15, 0.2) is 59.8 Å². The minimum Gasteiger partial charge on any atom is -0.497 e. The van der Waals surface area contributed by atoms with Crippen LogP contribution >= 0.6 is 11.8 Å². The number of nitrogens with one attached hydrogen (secondary N) is 1. The molecule has 0 saturated carbocycles. The molecule has 0 amide bonds. The Kier molecular flexibility index (Phi) is 5.43. The van der Waals surface area contributed by atoms with Crippen LogP contribution in [0.4, 0.5) is 5.69 Å². The summed E-state index contributed by atoms with van der Waals surface area (Å²) in [4.78, 5) is 4.57. The number of hydrogen-bond acceptors (Lipinski definition) is 7. The van der Waals surface area contributed by atoms with Crippen molar-refractivity contribution < 1.29 is 9.47 Å². The Balaban J connectivity index is 1.66. The Morgan fingerprint density at radius 3 is 2.75 bits per heavy atom. The number of fused-ring (bicyclic) bond motifs is 3. The second-order valence-corrected chi connectivity index (χ2v) is 7.27. The van der Waals surface area contributed by atoms with Crippen molar-refractivity contribution in [3.8, 4) is 22.9 Å². The molecule has 0 spiro atoms. The predicted molar refractivity (Wildman–Crippen MR) is 112 cm³/mol. The maximum atomic E-state index is 6.14. The van der Waals surface area contributed by atoms with E-state index in [4.69, 9.17) is 9.47 Å². The highest BCUT2D eigenvalue weighted by Crippen LogP contribution is 2.36. The lowest BCUT2D eigenvalue weighted by Gasteiger charge is -2.15. The van der Waals surface area contributed by atoms with Crippen LogP contribution in [0.5, 0.6) is 11.6 Å². The smallest absolute Gasteiger partial charge is 0.247 e. The van der Waals surface area contributed by atoms with Crippen molar-refractivity contribution in [1.82, 2.24) is 15.2 Å². The molecule has 28 heavy (non-hydrogen) atoms. The number of hydrogen-bond donors (Lipinski definition) is 1. The second kappa shape index (κ2) is 8.31. The first-order chi connectivity index (χ1) is 13.8. The van der Waals surface area contributed by atoms with Crippen LogP contribution in [0.3, 0.4) is 0 Å². The summed E-state index contributed by atoms with van der Waals surface area (Å²) < 4.78 is 11.3. The molecule has 1 aromatic heterocycles. The lowest BCUT2D eigenvalue weighted by molar-refractivity contribution is 0.266. The fraction of sp³-hybridized carbons (Fsp3) is 0.190. The largest absolute Gasteiger partial charge is 0.497 e. The van der Waals surface area contributed by atoms with Gasteiger partial charge >= 0.3 is 0 Å². The van der Waals surface area contributed by atoms with Crippen LogP contribution in [-0.2, 0) is 0 Å². The molecule has 0 radical (unpaired) electrons. The van der Waals surface area contributed by atoms with Crippen LogP contribution in [0.2, 0.25) is 0 Å². The zero-order valence-corrected chi connectivity index (χ0v) is 16.4. The average molecular weight is 392 g/mol. The third kappa shape index (κ3) is 3.94. The lowest BCUT2D eigenvalue weighted by Crippen LogP contribution is -2.23. The van der Waals surface area contributed by atoms with Crippen molar-refractivity contribution in [2.24, 2.45) is 0 Å². The Morgan fingerprint density at radius 1 is 1.14 bits per heavy atom. The summed E-state index contributed by atoms with van der Waals surface area (Å²) in [6.07, 6.45) is 3.57. The molecule has 1 aliphatic heterocycles. The van der Waals surface area contributed by atoms with E-state index in [9.17, 15) is 0 Å². The molecule has 1 unspecified atom stereocenters. The first kappa shape index (κ1) is 18.3. The van der Waals surface area contributed by atoms with Gasteiger partial charge in [0.15, 0.2) is 11.9 Å². The van der Waals surface area contributed by atoms with Crippen molar-refractivity contribution in [3.63, 3.8) is 0 Å². The van der Waals surface area contributed by atoms with Gasteiger partial charge in [-0.15, -0.1) is 10.2 Å². The fourth-order valence-electron chi connectivity index (χ4n) is 2.86. The highest BCUT2D eigenvalue weighted by Gasteiger charge is 2.23. The van der Waals surface area contributed by atoms with Crippen LogP contribution in [0, 0.1) is 0 Å². The standard InChI is InChI=1S/C21H20N4O2S/c1-3-28-21-23-20-19(24-25-21)16-6-4-5-7-17(16)22-18(27-20)13-10-14-8-11-15(26-2)12-9-14/h4-13,18,22H,3H2,1-2H3/b13-10+. The Hall–Kier alpha value is -3.06. The summed E-state index contributed by atoms with van der Waals surface area (Å²) in [6, 6.07) is 15.8. The highest BCUT2D eigenvalue weighted by atomic mass is 32.2. The molecule has 1 N–H and O–H groups in total. The van der Waals surface area contributed by atoms with E-state index >= 15 is 0 Å². The maximum absolute atomic E-state index is 6.14. The molecule has 0 aliphatic carbocycles. The first-order valence-corrected chi connectivity index (χ1v) is 9.97. The van der Waals surface area contributed by atoms with Crippen molar-refractivity contribution in [2.45, 2.75) is 18.3 Å². The number of anilines is 1. The molecule has 2 heterocycles. The van der Waals surface area contributed by atoms with Crippen LogP contribution in [-0.4, -0.2) is 34.3 Å². The summed E-state index contributed by atoms with van der Waals surface area (Å²) in [5.41, 5.74) is 3.54. The van der Waals surface area contributed by atoms with Gasteiger partial charge in [-0.05, 0) is 35.6 Å². The summed E-state index contributed by atoms with van der Waals surface area (Å²) in [5.74, 6) is 2.18. The van der Waals surface area contributed by atoms with Crippen LogP contribution in [0.25, 0.3) is 17.3 Å². The van der Waals surface area contributed by atoms with E-state index in [1.807, 2.05) is 60.7 Å². The minimum absolute atomic E-state index is 0.388. The van der Waals surface area contributed by atoms with Crippen molar-refractivity contribution in [3.05, 3.63) is 60.2 Å². The fourth-order valence-corrected chi connectivity index (χ4v) is 3.36. The van der Waals surface area contributed by atoms with Gasteiger partial charge in [0, 0.05) is 11.3 Å². The third-order valence-electron chi connectivity index (χ3n) is 4.21. The van der Waals surface area contributed by atoms with Gasteiger partial charge < -0.3 is 14.8 Å². The molecule has 0 fully saturated rings. The van der Waals surface area contributed by atoms with Gasteiger partial charge in [-0.1, -0.05) is 55.1 Å².